The summed E-state index contributed by atoms with van der Waals surface area (Å²) in [4.78, 5) is 14.7. The van der Waals surface area contributed by atoms with E-state index in [0.717, 1.165) is 44.7 Å². The average Bonchev–Trinajstić information content (AvgIpc) is 3.60. The average molecular weight is 550 g/mol. The summed E-state index contributed by atoms with van der Waals surface area (Å²) in [5.41, 5.74) is 4.48. The van der Waals surface area contributed by atoms with Gasteiger partial charge >= 0.3 is 6.98 Å². The van der Waals surface area contributed by atoms with Gasteiger partial charge in [-0.05, 0) is 67.9 Å². The Balaban J connectivity index is 1.40. The monoisotopic (exact) mass is 549 g/mol. The molecule has 0 saturated carbocycles. The van der Waals surface area contributed by atoms with Gasteiger partial charge in [0.2, 0.25) is 0 Å². The Morgan fingerprint density at radius 3 is 2.54 bits per heavy atom. The third kappa shape index (κ3) is 4.67. The van der Waals surface area contributed by atoms with Gasteiger partial charge in [-0.2, -0.15) is 0 Å². The van der Waals surface area contributed by atoms with Crippen molar-refractivity contribution < 1.29 is 4.57 Å². The minimum Gasteiger partial charge on any atom is -0.358 e. The fourth-order valence-electron chi connectivity index (χ4n) is 7.92. The molecule has 7 heteroatoms. The van der Waals surface area contributed by atoms with Crippen LogP contribution in [-0.4, -0.2) is 43.2 Å². The summed E-state index contributed by atoms with van der Waals surface area (Å²) in [6.45, 7) is 12.6. The molecule has 41 heavy (non-hydrogen) atoms. The van der Waals surface area contributed by atoms with E-state index < -0.39 is 0 Å². The van der Waals surface area contributed by atoms with E-state index in [9.17, 15) is 0 Å². The number of unbranched alkanes of at least 4 members (excludes halogenated alkanes) is 1. The van der Waals surface area contributed by atoms with Crippen LogP contribution in [0.3, 0.4) is 0 Å². The summed E-state index contributed by atoms with van der Waals surface area (Å²) in [5, 5.41) is 0. The second-order valence-electron chi connectivity index (χ2n) is 12.2. The zero-order chi connectivity index (χ0) is 28.6. The summed E-state index contributed by atoms with van der Waals surface area (Å²) >= 11 is 0. The standard InChI is InChI=1S/C34H46BN6/c1-6-9-14-27-17-18-28-29(34(7-2,8-3)33-37(5)21-22-39(33)30(28)25-27)26-38-20-13-11-16-32(38)41-24-23-40(35(41)4)31-15-10-12-19-36-31/h10-13,15-22,25,29,33H,6-9,14,23-24,26H2,1-5H3/q+1. The largest absolute Gasteiger partial charge is 0.494 e. The van der Waals surface area contributed by atoms with Crippen molar-refractivity contribution in [2.45, 2.75) is 78.3 Å². The molecule has 0 spiro atoms. The quantitative estimate of drug-likeness (QED) is 0.231. The van der Waals surface area contributed by atoms with Crippen LogP contribution in [0.5, 0.6) is 0 Å². The molecule has 6 rings (SSSR count). The Hall–Kier alpha value is -3.48. The van der Waals surface area contributed by atoms with Gasteiger partial charge in [0.15, 0.2) is 0 Å². The van der Waals surface area contributed by atoms with Crippen LogP contribution >= 0.6 is 0 Å². The van der Waals surface area contributed by atoms with E-state index in [1.165, 1.54) is 35.5 Å². The zero-order valence-electron chi connectivity index (χ0n) is 25.6. The van der Waals surface area contributed by atoms with Crippen molar-refractivity contribution in [2.75, 3.05) is 34.7 Å². The Morgan fingerprint density at radius 1 is 0.976 bits per heavy atom. The maximum atomic E-state index is 4.66. The molecule has 0 aliphatic carbocycles. The Morgan fingerprint density at radius 2 is 1.78 bits per heavy atom. The lowest BCUT2D eigenvalue weighted by Crippen LogP contribution is -2.59. The summed E-state index contributed by atoms with van der Waals surface area (Å²) in [6.07, 6.45) is 15.0. The fourth-order valence-corrected chi connectivity index (χ4v) is 7.92. The van der Waals surface area contributed by atoms with E-state index in [1.54, 1.807) is 0 Å². The van der Waals surface area contributed by atoms with Gasteiger partial charge in [0.1, 0.15) is 12.0 Å². The third-order valence-corrected chi connectivity index (χ3v) is 10.2. The van der Waals surface area contributed by atoms with Crippen LogP contribution in [0, 0.1) is 5.41 Å². The maximum absolute atomic E-state index is 4.66. The van der Waals surface area contributed by atoms with Crippen molar-refractivity contribution in [3.63, 3.8) is 0 Å². The molecule has 0 radical (unpaired) electrons. The minimum absolute atomic E-state index is 0.118. The number of aromatic nitrogens is 2. The van der Waals surface area contributed by atoms with E-state index >= 15 is 0 Å². The number of hydrogen-bond donors (Lipinski definition) is 0. The first-order chi connectivity index (χ1) is 20.0. The first kappa shape index (κ1) is 27.7. The van der Waals surface area contributed by atoms with Gasteiger partial charge in [-0.1, -0.05) is 51.5 Å². The summed E-state index contributed by atoms with van der Waals surface area (Å²) in [7, 11) is 2.27. The molecule has 2 unspecified atom stereocenters. The SMILES string of the molecule is CCCCc1ccc2c(c1)N1C=CN(C)C1C(CC)(CC)C2C[n+]1ccccc1N1CCN(c2ccccn2)B1C. The second-order valence-corrected chi connectivity index (χ2v) is 12.2. The highest BCUT2D eigenvalue weighted by Gasteiger charge is 2.54. The summed E-state index contributed by atoms with van der Waals surface area (Å²) in [5.74, 6) is 2.74. The molecule has 3 aromatic rings. The fraction of sp³-hybridized carbons (Fsp3) is 0.471. The van der Waals surface area contributed by atoms with Gasteiger partial charge < -0.3 is 19.4 Å². The molecule has 0 amide bonds. The van der Waals surface area contributed by atoms with Gasteiger partial charge in [-0.15, -0.1) is 0 Å². The van der Waals surface area contributed by atoms with Gasteiger partial charge in [0, 0.05) is 55.3 Å². The highest BCUT2D eigenvalue weighted by molar-refractivity contribution is 6.66. The Labute approximate surface area is 247 Å². The van der Waals surface area contributed by atoms with Crippen molar-refractivity contribution in [1.82, 2.24) is 9.88 Å². The Kier molecular flexibility index (Phi) is 7.71. The molecule has 214 valence electrons. The number of pyridine rings is 2. The van der Waals surface area contributed by atoms with Gasteiger partial charge in [0.25, 0.3) is 5.82 Å². The maximum Gasteiger partial charge on any atom is 0.494 e. The molecule has 2 aromatic heterocycles. The molecule has 5 heterocycles. The molecular formula is C34H46BN6+. The van der Waals surface area contributed by atoms with Gasteiger partial charge in [-0.25, -0.2) is 9.55 Å². The van der Waals surface area contributed by atoms with Crippen molar-refractivity contribution in [1.29, 1.82) is 0 Å². The number of aryl methyl sites for hydroxylation is 1. The van der Waals surface area contributed by atoms with Crippen LogP contribution in [0.25, 0.3) is 0 Å². The first-order valence-corrected chi connectivity index (χ1v) is 15.8. The highest BCUT2D eigenvalue weighted by atomic mass is 15.4. The van der Waals surface area contributed by atoms with Crippen LogP contribution in [0.2, 0.25) is 6.82 Å². The van der Waals surface area contributed by atoms with Crippen molar-refractivity contribution >= 4 is 24.3 Å². The lowest BCUT2D eigenvalue weighted by Gasteiger charge is -2.54. The molecule has 6 nitrogen and oxygen atoms in total. The van der Waals surface area contributed by atoms with Crippen molar-refractivity contribution in [2.24, 2.45) is 5.41 Å². The number of rotatable bonds is 9. The van der Waals surface area contributed by atoms with E-state index in [1.807, 2.05) is 12.3 Å². The third-order valence-electron chi connectivity index (χ3n) is 10.2. The minimum atomic E-state index is 0.118. The number of anilines is 3. The predicted octanol–water partition coefficient (Wildman–Crippen LogP) is 6.31. The zero-order valence-corrected chi connectivity index (χ0v) is 25.6. The van der Waals surface area contributed by atoms with Crippen molar-refractivity contribution in [3.8, 4) is 0 Å². The normalized spacial score (nSPS) is 21.0. The van der Waals surface area contributed by atoms with E-state index in [0.29, 0.717) is 12.1 Å². The van der Waals surface area contributed by atoms with Gasteiger partial charge in [-0.3, -0.25) is 0 Å². The molecule has 3 aliphatic rings. The van der Waals surface area contributed by atoms with E-state index in [4.69, 9.17) is 0 Å². The van der Waals surface area contributed by atoms with Gasteiger partial charge in [0.05, 0.1) is 19.3 Å². The lowest BCUT2D eigenvalue weighted by atomic mass is 9.63. The molecular weight excluding hydrogens is 503 g/mol. The summed E-state index contributed by atoms with van der Waals surface area (Å²) in [6, 6.07) is 20.3. The Bertz CT molecular complexity index is 1370. The van der Waals surface area contributed by atoms with Crippen LogP contribution in [0.15, 0.2) is 79.4 Å². The molecule has 1 saturated heterocycles. The molecule has 1 fully saturated rings. The van der Waals surface area contributed by atoms with E-state index in [-0.39, 0.29) is 12.4 Å². The number of fused-ring (bicyclic) bond motifs is 3. The van der Waals surface area contributed by atoms with Crippen LogP contribution < -0.4 is 19.1 Å². The molecule has 1 aromatic carbocycles. The van der Waals surface area contributed by atoms with E-state index in [2.05, 4.69) is 131 Å². The van der Waals surface area contributed by atoms with Crippen LogP contribution in [0.1, 0.15) is 63.5 Å². The van der Waals surface area contributed by atoms with Crippen molar-refractivity contribution in [3.05, 3.63) is 90.5 Å². The topological polar surface area (TPSA) is 29.7 Å². The molecule has 2 atom stereocenters. The number of hydrogen-bond acceptors (Lipinski definition) is 5. The number of benzene rings is 1. The highest BCUT2D eigenvalue weighted by Crippen LogP contribution is 2.56. The van der Waals surface area contributed by atoms with Crippen LogP contribution in [-0.2, 0) is 13.0 Å². The smallest absolute Gasteiger partial charge is 0.358 e. The number of nitrogens with zero attached hydrogens (tertiary/aromatic N) is 6. The van der Waals surface area contributed by atoms with Crippen LogP contribution in [0.4, 0.5) is 17.3 Å². The summed E-state index contributed by atoms with van der Waals surface area (Å²) < 4.78 is 2.54. The second kappa shape index (κ2) is 11.4. The molecule has 3 aliphatic heterocycles. The molecule has 0 bridgehead atoms. The lowest BCUT2D eigenvalue weighted by molar-refractivity contribution is -0.689. The predicted molar refractivity (Wildman–Crippen MR) is 171 cm³/mol. The first-order valence-electron chi connectivity index (χ1n) is 15.8. The molecule has 0 N–H and O–H groups in total.